The summed E-state index contributed by atoms with van der Waals surface area (Å²) in [6.07, 6.45) is 0. The first kappa shape index (κ1) is 10.3. The number of anilines is 1. The van der Waals surface area contributed by atoms with Crippen LogP contribution in [0.2, 0.25) is 0 Å². The molecule has 0 atom stereocenters. The van der Waals surface area contributed by atoms with E-state index < -0.39 is 0 Å². The van der Waals surface area contributed by atoms with E-state index in [-0.39, 0.29) is 0 Å². The molecule has 0 aliphatic heterocycles. The lowest BCUT2D eigenvalue weighted by atomic mass is 10.2. The zero-order chi connectivity index (χ0) is 9.68. The summed E-state index contributed by atoms with van der Waals surface area (Å²) in [6, 6.07) is 5.83. The van der Waals surface area contributed by atoms with Gasteiger partial charge in [0, 0.05) is 5.33 Å². The molecule has 0 bridgehead atoms. The maximum absolute atomic E-state index is 5.41. The highest BCUT2D eigenvalue weighted by atomic mass is 79.9. The molecule has 1 rings (SSSR count). The molecule has 0 spiro atoms. The van der Waals surface area contributed by atoms with Gasteiger partial charge in [0.05, 0.1) is 12.3 Å². The largest absolute Gasteiger partial charge is 0.492 e. The summed E-state index contributed by atoms with van der Waals surface area (Å²) >= 11 is 3.38. The molecule has 0 radical (unpaired) electrons. The number of halogens is 1. The number of alkyl halides is 1. The molecule has 0 amide bonds. The van der Waals surface area contributed by atoms with Gasteiger partial charge in [-0.25, -0.2) is 0 Å². The Morgan fingerprint density at radius 3 is 2.85 bits per heavy atom. The normalized spacial score (nSPS) is 9.77. The van der Waals surface area contributed by atoms with Gasteiger partial charge in [0.25, 0.3) is 0 Å². The monoisotopic (exact) mass is 244 g/mol. The number of hydrogen-bond donors (Lipinski definition) is 2. The van der Waals surface area contributed by atoms with Crippen molar-refractivity contribution in [3.05, 3.63) is 23.8 Å². The van der Waals surface area contributed by atoms with E-state index in [1.807, 2.05) is 25.1 Å². The molecule has 1 aromatic rings. The van der Waals surface area contributed by atoms with Crippen LogP contribution in [0.5, 0.6) is 5.75 Å². The van der Waals surface area contributed by atoms with Crippen LogP contribution in [0.4, 0.5) is 5.69 Å². The minimum Gasteiger partial charge on any atom is -0.492 e. The molecule has 0 aromatic heterocycles. The van der Waals surface area contributed by atoms with Gasteiger partial charge in [-0.3, -0.25) is 5.84 Å². The second kappa shape index (κ2) is 5.09. The van der Waals surface area contributed by atoms with E-state index in [0.717, 1.165) is 22.3 Å². The summed E-state index contributed by atoms with van der Waals surface area (Å²) in [6.45, 7) is 2.58. The second-order valence-electron chi connectivity index (χ2n) is 2.50. The van der Waals surface area contributed by atoms with Crippen molar-refractivity contribution >= 4 is 21.6 Å². The molecular weight excluding hydrogens is 232 g/mol. The van der Waals surface area contributed by atoms with E-state index in [9.17, 15) is 0 Å². The van der Waals surface area contributed by atoms with Crippen molar-refractivity contribution in [2.24, 2.45) is 5.84 Å². The van der Waals surface area contributed by atoms with Gasteiger partial charge < -0.3 is 10.2 Å². The van der Waals surface area contributed by atoms with Crippen LogP contribution in [0.3, 0.4) is 0 Å². The number of benzene rings is 1. The third kappa shape index (κ3) is 2.35. The molecule has 0 saturated carbocycles. The highest BCUT2D eigenvalue weighted by Gasteiger charge is 2.05. The van der Waals surface area contributed by atoms with Gasteiger partial charge in [-0.15, -0.1) is 0 Å². The van der Waals surface area contributed by atoms with Gasteiger partial charge >= 0.3 is 0 Å². The van der Waals surface area contributed by atoms with E-state index >= 15 is 0 Å². The van der Waals surface area contributed by atoms with Crippen LogP contribution in [0.15, 0.2) is 18.2 Å². The number of ether oxygens (including phenoxy) is 1. The van der Waals surface area contributed by atoms with Gasteiger partial charge in [-0.1, -0.05) is 28.1 Å². The molecule has 0 heterocycles. The fraction of sp³-hybridized carbons (Fsp3) is 0.333. The number of hydrazine groups is 1. The Kier molecular flexibility index (Phi) is 4.05. The maximum Gasteiger partial charge on any atom is 0.143 e. The number of rotatable bonds is 4. The molecule has 1 aromatic carbocycles. The van der Waals surface area contributed by atoms with Crippen molar-refractivity contribution in [3.8, 4) is 5.75 Å². The number of nitrogens with two attached hydrogens (primary N) is 1. The van der Waals surface area contributed by atoms with Gasteiger partial charge in [0.2, 0.25) is 0 Å². The molecule has 72 valence electrons. The first-order valence-electron chi connectivity index (χ1n) is 4.10. The smallest absolute Gasteiger partial charge is 0.143 e. The maximum atomic E-state index is 5.41. The van der Waals surface area contributed by atoms with Crippen molar-refractivity contribution in [1.29, 1.82) is 0 Å². The van der Waals surface area contributed by atoms with Crippen LogP contribution in [0.25, 0.3) is 0 Å². The summed E-state index contributed by atoms with van der Waals surface area (Å²) < 4.78 is 5.41. The number of para-hydroxylation sites is 1. The highest BCUT2D eigenvalue weighted by Crippen LogP contribution is 2.28. The van der Waals surface area contributed by atoms with E-state index in [2.05, 4.69) is 21.4 Å². The third-order valence-electron chi connectivity index (χ3n) is 1.70. The zero-order valence-electron chi connectivity index (χ0n) is 7.51. The van der Waals surface area contributed by atoms with Crippen LogP contribution in [0.1, 0.15) is 12.5 Å². The average Bonchev–Trinajstić information content (AvgIpc) is 2.18. The van der Waals surface area contributed by atoms with Crippen molar-refractivity contribution in [2.75, 3.05) is 12.0 Å². The molecule has 0 aliphatic rings. The predicted molar refractivity (Wildman–Crippen MR) is 58.1 cm³/mol. The Hall–Kier alpha value is -0.740. The second-order valence-corrected chi connectivity index (χ2v) is 3.06. The molecular formula is C9H13BrN2O. The van der Waals surface area contributed by atoms with Crippen LogP contribution < -0.4 is 16.0 Å². The summed E-state index contributed by atoms with van der Waals surface area (Å²) in [7, 11) is 0. The minimum absolute atomic E-state index is 0.639. The standard InChI is InChI=1S/C9H13BrN2O/c1-2-13-8-5-3-4-7(6-10)9(8)12-11/h3-5,12H,2,6,11H2,1H3. The summed E-state index contributed by atoms with van der Waals surface area (Å²) in [5, 5.41) is 0.757. The lowest BCUT2D eigenvalue weighted by Crippen LogP contribution is -2.10. The minimum atomic E-state index is 0.639. The van der Waals surface area contributed by atoms with Crippen LogP contribution >= 0.6 is 15.9 Å². The van der Waals surface area contributed by atoms with E-state index in [0.29, 0.717) is 6.61 Å². The van der Waals surface area contributed by atoms with Crippen LogP contribution in [-0.4, -0.2) is 6.61 Å². The van der Waals surface area contributed by atoms with E-state index in [4.69, 9.17) is 10.6 Å². The first-order chi connectivity index (χ1) is 6.33. The quantitative estimate of drug-likeness (QED) is 0.486. The van der Waals surface area contributed by atoms with Gasteiger partial charge in [-0.2, -0.15) is 0 Å². The molecule has 0 unspecified atom stereocenters. The van der Waals surface area contributed by atoms with E-state index in [1.165, 1.54) is 0 Å². The zero-order valence-corrected chi connectivity index (χ0v) is 9.10. The molecule has 3 N–H and O–H groups in total. The SMILES string of the molecule is CCOc1cccc(CBr)c1NN. The van der Waals surface area contributed by atoms with Crippen LogP contribution in [0, 0.1) is 0 Å². The van der Waals surface area contributed by atoms with Gasteiger partial charge in [0.15, 0.2) is 0 Å². The van der Waals surface area contributed by atoms with Crippen LogP contribution in [-0.2, 0) is 5.33 Å². The van der Waals surface area contributed by atoms with Gasteiger partial charge in [-0.05, 0) is 18.6 Å². The third-order valence-corrected chi connectivity index (χ3v) is 2.30. The fourth-order valence-corrected chi connectivity index (χ4v) is 1.59. The molecule has 0 saturated heterocycles. The van der Waals surface area contributed by atoms with E-state index in [1.54, 1.807) is 0 Å². The molecule has 3 nitrogen and oxygen atoms in total. The molecule has 13 heavy (non-hydrogen) atoms. The fourth-order valence-electron chi connectivity index (χ4n) is 1.13. The summed E-state index contributed by atoms with van der Waals surface area (Å²) in [5.74, 6) is 6.20. The van der Waals surface area contributed by atoms with Crippen molar-refractivity contribution in [3.63, 3.8) is 0 Å². The first-order valence-corrected chi connectivity index (χ1v) is 5.22. The number of nitrogens with one attached hydrogen (secondary N) is 1. The summed E-state index contributed by atoms with van der Waals surface area (Å²) in [5.41, 5.74) is 4.58. The topological polar surface area (TPSA) is 47.3 Å². The Labute approximate surface area is 86.4 Å². The average molecular weight is 245 g/mol. The Balaban J connectivity index is 3.03. The Bertz CT molecular complexity index is 278. The lowest BCUT2D eigenvalue weighted by molar-refractivity contribution is 0.341. The molecule has 0 fully saturated rings. The lowest BCUT2D eigenvalue weighted by Gasteiger charge is -2.12. The summed E-state index contributed by atoms with van der Waals surface area (Å²) in [4.78, 5) is 0. The molecule has 4 heteroatoms. The van der Waals surface area contributed by atoms with Gasteiger partial charge in [0.1, 0.15) is 5.75 Å². The molecule has 0 aliphatic carbocycles. The van der Waals surface area contributed by atoms with Crippen molar-refractivity contribution in [2.45, 2.75) is 12.3 Å². The Morgan fingerprint density at radius 2 is 2.31 bits per heavy atom. The number of nitrogen functional groups attached to an aromatic ring is 1. The van der Waals surface area contributed by atoms with Crippen molar-refractivity contribution < 1.29 is 4.74 Å². The Morgan fingerprint density at radius 1 is 1.54 bits per heavy atom. The number of hydrogen-bond acceptors (Lipinski definition) is 3. The predicted octanol–water partition coefficient (Wildman–Crippen LogP) is 2.27. The van der Waals surface area contributed by atoms with Crippen molar-refractivity contribution in [1.82, 2.24) is 0 Å². The highest BCUT2D eigenvalue weighted by molar-refractivity contribution is 9.08.